The number of benzene rings is 2. The molecule has 0 fully saturated rings. The van der Waals surface area contributed by atoms with Crippen LogP contribution in [0.25, 0.3) is 0 Å². The summed E-state index contributed by atoms with van der Waals surface area (Å²) in [6, 6.07) is 16.5. The number of rotatable bonds is 5. The number of anilines is 1. The first-order valence-electron chi connectivity index (χ1n) is 6.98. The largest absolute Gasteiger partial charge is 0.326 e. The first kappa shape index (κ1) is 15.7. The highest BCUT2D eigenvalue weighted by Gasteiger charge is 2.14. The van der Waals surface area contributed by atoms with Crippen LogP contribution in [0.1, 0.15) is 24.0 Å². The zero-order valence-corrected chi connectivity index (χ0v) is 12.2. The Hall–Kier alpha value is -2.66. The lowest BCUT2D eigenvalue weighted by Gasteiger charge is -2.12. The van der Waals surface area contributed by atoms with E-state index >= 15 is 0 Å². The van der Waals surface area contributed by atoms with E-state index in [4.69, 9.17) is 5.21 Å². The van der Waals surface area contributed by atoms with Crippen LogP contribution < -0.4 is 10.8 Å². The predicted molar refractivity (Wildman–Crippen MR) is 83.6 cm³/mol. The van der Waals surface area contributed by atoms with Crippen molar-refractivity contribution in [2.45, 2.75) is 19.3 Å². The molecule has 2 rings (SSSR count). The van der Waals surface area contributed by atoms with Gasteiger partial charge in [-0.25, -0.2) is 5.48 Å². The van der Waals surface area contributed by atoms with Gasteiger partial charge in [0.1, 0.15) is 0 Å². The summed E-state index contributed by atoms with van der Waals surface area (Å²) in [5, 5.41) is 11.3. The molecule has 1 unspecified atom stereocenters. The third kappa shape index (κ3) is 4.17. The van der Waals surface area contributed by atoms with Gasteiger partial charge < -0.3 is 5.32 Å². The Morgan fingerprint density at radius 2 is 1.68 bits per heavy atom. The molecule has 5 heteroatoms. The maximum absolute atomic E-state index is 12.2. The zero-order valence-electron chi connectivity index (χ0n) is 12.2. The summed E-state index contributed by atoms with van der Waals surface area (Å²) in [5.41, 5.74) is 3.96. The van der Waals surface area contributed by atoms with Crippen molar-refractivity contribution in [1.82, 2.24) is 5.48 Å². The second kappa shape index (κ2) is 7.38. The molecule has 22 heavy (non-hydrogen) atoms. The molecular formula is C17H18N2O3. The highest BCUT2D eigenvalue weighted by molar-refractivity contribution is 5.95. The van der Waals surface area contributed by atoms with Crippen LogP contribution in [-0.4, -0.2) is 17.0 Å². The Morgan fingerprint density at radius 3 is 2.27 bits per heavy atom. The van der Waals surface area contributed by atoms with Crippen LogP contribution in [-0.2, 0) is 16.0 Å². The number of carbonyl (C=O) groups excluding carboxylic acids is 2. The molecule has 1 atom stereocenters. The monoisotopic (exact) mass is 298 g/mol. The van der Waals surface area contributed by atoms with Crippen LogP contribution in [0.2, 0.25) is 0 Å². The first-order valence-corrected chi connectivity index (χ1v) is 6.98. The molecule has 0 heterocycles. The van der Waals surface area contributed by atoms with Gasteiger partial charge in [0.15, 0.2) is 0 Å². The van der Waals surface area contributed by atoms with Crippen LogP contribution in [0.5, 0.6) is 0 Å². The SMILES string of the molecule is CC(C(=O)Nc1ccc(CC(=O)NO)cc1)c1ccccc1. The second-order valence-electron chi connectivity index (χ2n) is 5.03. The molecule has 0 radical (unpaired) electrons. The highest BCUT2D eigenvalue weighted by atomic mass is 16.5. The molecule has 0 saturated carbocycles. The maximum atomic E-state index is 12.2. The van der Waals surface area contributed by atoms with Crippen molar-refractivity contribution in [2.75, 3.05) is 5.32 Å². The number of amides is 2. The molecule has 0 saturated heterocycles. The zero-order chi connectivity index (χ0) is 15.9. The van der Waals surface area contributed by atoms with E-state index < -0.39 is 5.91 Å². The minimum Gasteiger partial charge on any atom is -0.326 e. The van der Waals surface area contributed by atoms with E-state index in [2.05, 4.69) is 5.32 Å². The minimum absolute atomic E-state index is 0.0884. The van der Waals surface area contributed by atoms with Crippen molar-refractivity contribution < 1.29 is 14.8 Å². The number of hydroxylamine groups is 1. The van der Waals surface area contributed by atoms with Crippen LogP contribution in [0.15, 0.2) is 54.6 Å². The summed E-state index contributed by atoms with van der Waals surface area (Å²) in [4.78, 5) is 23.3. The molecule has 0 bridgehead atoms. The van der Waals surface area contributed by atoms with E-state index in [1.54, 1.807) is 29.7 Å². The number of hydrogen-bond acceptors (Lipinski definition) is 3. The van der Waals surface area contributed by atoms with Crippen molar-refractivity contribution >= 4 is 17.5 Å². The fourth-order valence-electron chi connectivity index (χ4n) is 2.07. The van der Waals surface area contributed by atoms with Crippen molar-refractivity contribution in [2.24, 2.45) is 0 Å². The van der Waals surface area contributed by atoms with Gasteiger partial charge in [-0.15, -0.1) is 0 Å². The first-order chi connectivity index (χ1) is 10.6. The van der Waals surface area contributed by atoms with Gasteiger partial charge in [-0.1, -0.05) is 42.5 Å². The van der Waals surface area contributed by atoms with Gasteiger partial charge in [0.05, 0.1) is 12.3 Å². The molecule has 0 aromatic heterocycles. The Morgan fingerprint density at radius 1 is 1.05 bits per heavy atom. The molecule has 3 N–H and O–H groups in total. The van der Waals surface area contributed by atoms with Crippen LogP contribution in [0.3, 0.4) is 0 Å². The average Bonchev–Trinajstić information content (AvgIpc) is 2.56. The van der Waals surface area contributed by atoms with E-state index in [-0.39, 0.29) is 18.2 Å². The van der Waals surface area contributed by atoms with Gasteiger partial charge in [-0.2, -0.15) is 0 Å². The molecule has 2 amide bonds. The molecule has 0 aliphatic rings. The Labute approximate surface area is 128 Å². The Balaban J connectivity index is 1.98. The summed E-state index contributed by atoms with van der Waals surface area (Å²) in [7, 11) is 0. The lowest BCUT2D eigenvalue weighted by atomic mass is 10.0. The number of hydrogen-bond donors (Lipinski definition) is 3. The molecular weight excluding hydrogens is 280 g/mol. The van der Waals surface area contributed by atoms with Crippen molar-refractivity contribution in [3.05, 3.63) is 65.7 Å². The van der Waals surface area contributed by atoms with Gasteiger partial charge in [-0.3, -0.25) is 14.8 Å². The fourth-order valence-corrected chi connectivity index (χ4v) is 2.07. The normalized spacial score (nSPS) is 11.5. The lowest BCUT2D eigenvalue weighted by Crippen LogP contribution is -2.21. The van der Waals surface area contributed by atoms with E-state index in [1.165, 1.54) is 0 Å². The molecule has 2 aromatic carbocycles. The lowest BCUT2D eigenvalue weighted by molar-refractivity contribution is -0.128. The molecule has 114 valence electrons. The molecule has 2 aromatic rings. The Kier molecular flexibility index (Phi) is 5.27. The van der Waals surface area contributed by atoms with Gasteiger partial charge in [-0.05, 0) is 30.2 Å². The van der Waals surface area contributed by atoms with E-state index in [9.17, 15) is 9.59 Å². The maximum Gasteiger partial charge on any atom is 0.247 e. The standard InChI is InChI=1S/C17H18N2O3/c1-12(14-5-3-2-4-6-14)17(21)18-15-9-7-13(8-10-15)11-16(20)19-22/h2-10,12,22H,11H2,1H3,(H,18,21)(H,19,20). The van der Waals surface area contributed by atoms with Gasteiger partial charge in [0, 0.05) is 5.69 Å². The molecule has 0 spiro atoms. The molecule has 0 aliphatic carbocycles. The topological polar surface area (TPSA) is 78.4 Å². The quantitative estimate of drug-likeness (QED) is 0.586. The summed E-state index contributed by atoms with van der Waals surface area (Å²) in [5.74, 6) is -0.817. The number of carbonyl (C=O) groups is 2. The second-order valence-corrected chi connectivity index (χ2v) is 5.03. The summed E-state index contributed by atoms with van der Waals surface area (Å²) >= 11 is 0. The summed E-state index contributed by atoms with van der Waals surface area (Å²) in [6.45, 7) is 1.85. The van der Waals surface area contributed by atoms with Gasteiger partial charge in [0.2, 0.25) is 11.8 Å². The Bertz CT molecular complexity index is 639. The highest BCUT2D eigenvalue weighted by Crippen LogP contribution is 2.18. The van der Waals surface area contributed by atoms with Gasteiger partial charge >= 0.3 is 0 Å². The van der Waals surface area contributed by atoms with E-state index in [1.807, 2.05) is 37.3 Å². The number of nitrogens with one attached hydrogen (secondary N) is 2. The van der Waals surface area contributed by atoms with Crippen LogP contribution in [0, 0.1) is 0 Å². The third-order valence-electron chi connectivity index (χ3n) is 3.40. The van der Waals surface area contributed by atoms with Gasteiger partial charge in [0.25, 0.3) is 0 Å². The predicted octanol–water partition coefficient (Wildman–Crippen LogP) is 2.48. The fraction of sp³-hybridized carbons (Fsp3) is 0.176. The summed E-state index contributed by atoms with van der Waals surface area (Å²) < 4.78 is 0. The molecule has 0 aliphatic heterocycles. The third-order valence-corrected chi connectivity index (χ3v) is 3.40. The average molecular weight is 298 g/mol. The van der Waals surface area contributed by atoms with Crippen molar-refractivity contribution in [1.29, 1.82) is 0 Å². The van der Waals surface area contributed by atoms with E-state index in [0.717, 1.165) is 11.1 Å². The smallest absolute Gasteiger partial charge is 0.247 e. The minimum atomic E-state index is -0.477. The van der Waals surface area contributed by atoms with Crippen LogP contribution in [0.4, 0.5) is 5.69 Å². The molecule has 5 nitrogen and oxygen atoms in total. The van der Waals surface area contributed by atoms with E-state index in [0.29, 0.717) is 5.69 Å². The van der Waals surface area contributed by atoms with Crippen LogP contribution >= 0.6 is 0 Å². The summed E-state index contributed by atoms with van der Waals surface area (Å²) in [6.07, 6.45) is 0.0884. The van der Waals surface area contributed by atoms with Crippen molar-refractivity contribution in [3.8, 4) is 0 Å². The van der Waals surface area contributed by atoms with Crippen molar-refractivity contribution in [3.63, 3.8) is 0 Å².